The summed E-state index contributed by atoms with van der Waals surface area (Å²) in [5.41, 5.74) is -0.967. The van der Waals surface area contributed by atoms with Crippen LogP contribution in [0.2, 0.25) is 0 Å². The summed E-state index contributed by atoms with van der Waals surface area (Å²) < 4.78 is 77.1. The highest BCUT2D eigenvalue weighted by Crippen LogP contribution is 2.38. The molecular formula is C20H16F5N3O. The molecule has 4 nitrogen and oxygen atoms in total. The van der Waals surface area contributed by atoms with Crippen molar-refractivity contribution < 1.29 is 26.7 Å². The zero-order valence-electron chi connectivity index (χ0n) is 15.5. The number of rotatable bonds is 6. The van der Waals surface area contributed by atoms with E-state index in [1.165, 1.54) is 24.7 Å². The van der Waals surface area contributed by atoms with E-state index in [9.17, 15) is 22.0 Å². The van der Waals surface area contributed by atoms with E-state index in [0.717, 1.165) is 12.1 Å². The van der Waals surface area contributed by atoms with Crippen LogP contribution in [0.5, 0.6) is 5.75 Å². The first-order chi connectivity index (χ1) is 13.7. The lowest BCUT2D eigenvalue weighted by Crippen LogP contribution is -2.05. The second-order valence-corrected chi connectivity index (χ2v) is 6.16. The third kappa shape index (κ3) is 3.94. The van der Waals surface area contributed by atoms with Gasteiger partial charge in [-0.1, -0.05) is 12.7 Å². The largest absolute Gasteiger partial charge is 0.489 e. The van der Waals surface area contributed by atoms with Crippen molar-refractivity contribution in [3.05, 3.63) is 71.7 Å². The Balaban J connectivity index is 2.13. The van der Waals surface area contributed by atoms with Crippen molar-refractivity contribution in [2.45, 2.75) is 6.92 Å². The van der Waals surface area contributed by atoms with E-state index in [4.69, 9.17) is 4.74 Å². The molecule has 0 atom stereocenters. The van der Waals surface area contributed by atoms with E-state index < -0.39 is 40.3 Å². The zero-order valence-corrected chi connectivity index (χ0v) is 15.5. The quantitative estimate of drug-likeness (QED) is 0.438. The van der Waals surface area contributed by atoms with E-state index >= 15 is 0 Å². The second kappa shape index (κ2) is 7.94. The molecule has 0 radical (unpaired) electrons. The van der Waals surface area contributed by atoms with Crippen molar-refractivity contribution >= 4 is 11.5 Å². The molecule has 0 aliphatic rings. The summed E-state index contributed by atoms with van der Waals surface area (Å²) in [5, 5.41) is 6.51. The number of aryl methyl sites for hydroxylation is 2. The standard InChI is InChI=1S/C20H16F5N3O/c1-4-5-29-12-8-13(22)18(14(23)9-12)17-10(2)27-28(3)20(17)26-19-15(24)6-11(21)7-16(19)25/h4,6-9,26H,1,5H2,2-3H3. The fourth-order valence-electron chi connectivity index (χ4n) is 2.91. The number of anilines is 2. The maximum Gasteiger partial charge on any atom is 0.152 e. The van der Waals surface area contributed by atoms with Crippen LogP contribution in [0.15, 0.2) is 36.9 Å². The molecule has 1 N–H and O–H groups in total. The molecule has 0 saturated carbocycles. The maximum absolute atomic E-state index is 14.7. The summed E-state index contributed by atoms with van der Waals surface area (Å²) in [5.74, 6) is -5.55. The van der Waals surface area contributed by atoms with Crippen LogP contribution in [0, 0.1) is 36.0 Å². The fourth-order valence-corrected chi connectivity index (χ4v) is 2.91. The van der Waals surface area contributed by atoms with Crippen molar-refractivity contribution in [3.8, 4) is 16.9 Å². The molecule has 0 fully saturated rings. The number of hydrogen-bond donors (Lipinski definition) is 1. The molecule has 0 amide bonds. The maximum atomic E-state index is 14.7. The van der Waals surface area contributed by atoms with Crippen molar-refractivity contribution in [1.82, 2.24) is 9.78 Å². The summed E-state index contributed by atoms with van der Waals surface area (Å²) in [4.78, 5) is 0. The Hall–Kier alpha value is -3.36. The summed E-state index contributed by atoms with van der Waals surface area (Å²) in [6.45, 7) is 5.00. The zero-order chi connectivity index (χ0) is 21.3. The number of hydrogen-bond acceptors (Lipinski definition) is 3. The van der Waals surface area contributed by atoms with Crippen LogP contribution in [-0.2, 0) is 7.05 Å². The minimum Gasteiger partial charge on any atom is -0.489 e. The minimum absolute atomic E-state index is 0.0408. The van der Waals surface area contributed by atoms with Gasteiger partial charge >= 0.3 is 0 Å². The number of nitrogens with one attached hydrogen (secondary N) is 1. The predicted molar refractivity (Wildman–Crippen MR) is 98.6 cm³/mol. The highest BCUT2D eigenvalue weighted by Gasteiger charge is 2.24. The Kier molecular flexibility index (Phi) is 5.58. The Labute approximate surface area is 163 Å². The molecule has 1 heterocycles. The van der Waals surface area contributed by atoms with Crippen molar-refractivity contribution in [1.29, 1.82) is 0 Å². The van der Waals surface area contributed by atoms with Gasteiger partial charge in [-0.15, -0.1) is 0 Å². The Bertz CT molecular complexity index is 1050. The lowest BCUT2D eigenvalue weighted by Gasteiger charge is -2.14. The third-order valence-corrected chi connectivity index (χ3v) is 4.11. The lowest BCUT2D eigenvalue weighted by molar-refractivity contribution is 0.358. The molecular weight excluding hydrogens is 393 g/mol. The molecule has 0 aliphatic carbocycles. The average Bonchev–Trinajstić information content (AvgIpc) is 2.89. The molecule has 0 spiro atoms. The van der Waals surface area contributed by atoms with Crippen LogP contribution in [-0.4, -0.2) is 16.4 Å². The number of aromatic nitrogens is 2. The molecule has 9 heteroatoms. The van der Waals surface area contributed by atoms with Gasteiger partial charge in [0.15, 0.2) is 11.6 Å². The van der Waals surface area contributed by atoms with Crippen LogP contribution < -0.4 is 10.1 Å². The average molecular weight is 409 g/mol. The van der Waals surface area contributed by atoms with Gasteiger partial charge in [0.1, 0.15) is 41.3 Å². The highest BCUT2D eigenvalue weighted by atomic mass is 19.2. The van der Waals surface area contributed by atoms with Gasteiger partial charge in [-0.3, -0.25) is 4.68 Å². The SMILES string of the molecule is C=CCOc1cc(F)c(-c2c(C)nn(C)c2Nc2c(F)cc(F)cc2F)c(F)c1. The third-order valence-electron chi connectivity index (χ3n) is 4.11. The number of ether oxygens (including phenoxy) is 1. The Morgan fingerprint density at radius 1 is 1.00 bits per heavy atom. The van der Waals surface area contributed by atoms with Gasteiger partial charge in [-0.2, -0.15) is 5.10 Å². The van der Waals surface area contributed by atoms with Crippen LogP contribution in [0.4, 0.5) is 33.5 Å². The van der Waals surface area contributed by atoms with Gasteiger partial charge in [-0.25, -0.2) is 22.0 Å². The van der Waals surface area contributed by atoms with Crippen molar-refractivity contribution in [3.63, 3.8) is 0 Å². The molecule has 0 saturated heterocycles. The van der Waals surface area contributed by atoms with E-state index in [2.05, 4.69) is 17.0 Å². The number of halogens is 5. The summed E-state index contributed by atoms with van der Waals surface area (Å²) in [6, 6.07) is 2.94. The van der Waals surface area contributed by atoms with E-state index in [1.54, 1.807) is 0 Å². The highest BCUT2D eigenvalue weighted by molar-refractivity contribution is 5.82. The van der Waals surface area contributed by atoms with Crippen LogP contribution in [0.25, 0.3) is 11.1 Å². The van der Waals surface area contributed by atoms with Crippen LogP contribution in [0.1, 0.15) is 5.69 Å². The molecule has 29 heavy (non-hydrogen) atoms. The van der Waals surface area contributed by atoms with E-state index in [0.29, 0.717) is 12.1 Å². The van der Waals surface area contributed by atoms with Gasteiger partial charge in [0.05, 0.1) is 16.8 Å². The van der Waals surface area contributed by atoms with Gasteiger partial charge in [0.2, 0.25) is 0 Å². The van der Waals surface area contributed by atoms with Crippen LogP contribution in [0.3, 0.4) is 0 Å². The van der Waals surface area contributed by atoms with Crippen LogP contribution >= 0.6 is 0 Å². The summed E-state index contributed by atoms with van der Waals surface area (Å²) in [6.07, 6.45) is 1.42. The molecule has 3 rings (SSSR count). The van der Waals surface area contributed by atoms with Gasteiger partial charge < -0.3 is 10.1 Å². The Morgan fingerprint density at radius 3 is 2.14 bits per heavy atom. The second-order valence-electron chi connectivity index (χ2n) is 6.16. The molecule has 3 aromatic rings. The normalized spacial score (nSPS) is 10.9. The van der Waals surface area contributed by atoms with Gasteiger partial charge in [-0.05, 0) is 6.92 Å². The molecule has 152 valence electrons. The van der Waals surface area contributed by atoms with E-state index in [-0.39, 0.29) is 29.4 Å². The lowest BCUT2D eigenvalue weighted by atomic mass is 10.0. The fraction of sp³-hybridized carbons (Fsp3) is 0.150. The Morgan fingerprint density at radius 2 is 1.59 bits per heavy atom. The topological polar surface area (TPSA) is 39.1 Å². The minimum atomic E-state index is -1.21. The number of nitrogens with zero attached hydrogens (tertiary/aromatic N) is 2. The molecule has 0 bridgehead atoms. The first-order valence-electron chi connectivity index (χ1n) is 8.41. The summed E-state index contributed by atoms with van der Waals surface area (Å²) in [7, 11) is 1.43. The first kappa shape index (κ1) is 20.4. The smallest absolute Gasteiger partial charge is 0.152 e. The molecule has 1 aromatic heterocycles. The summed E-state index contributed by atoms with van der Waals surface area (Å²) >= 11 is 0. The molecule has 0 unspecified atom stereocenters. The molecule has 2 aromatic carbocycles. The molecule has 0 aliphatic heterocycles. The monoisotopic (exact) mass is 409 g/mol. The first-order valence-corrected chi connectivity index (χ1v) is 8.41. The van der Waals surface area contributed by atoms with Gasteiger partial charge in [0.25, 0.3) is 0 Å². The van der Waals surface area contributed by atoms with Gasteiger partial charge in [0, 0.05) is 31.3 Å². The number of benzene rings is 2. The van der Waals surface area contributed by atoms with Crippen molar-refractivity contribution in [2.24, 2.45) is 7.05 Å². The van der Waals surface area contributed by atoms with Crippen molar-refractivity contribution in [2.75, 3.05) is 11.9 Å². The van der Waals surface area contributed by atoms with E-state index in [1.807, 2.05) is 0 Å². The predicted octanol–water partition coefficient (Wildman–Crippen LogP) is 5.40.